The second-order valence-corrected chi connectivity index (χ2v) is 11.7. The molecule has 206 valence electrons. The molecule has 3 unspecified atom stereocenters. The summed E-state index contributed by atoms with van der Waals surface area (Å²) < 4.78 is 31.9. The van der Waals surface area contributed by atoms with E-state index in [-0.39, 0.29) is 28.6 Å². The predicted octanol–water partition coefficient (Wildman–Crippen LogP) is 1.21. The van der Waals surface area contributed by atoms with E-state index in [2.05, 4.69) is 10.6 Å². The van der Waals surface area contributed by atoms with Crippen LogP contribution in [0.4, 0.5) is 0 Å². The van der Waals surface area contributed by atoms with Gasteiger partial charge in [-0.1, -0.05) is 72.8 Å². The summed E-state index contributed by atoms with van der Waals surface area (Å²) in [5.41, 5.74) is 14.3. The number of ether oxygens (including phenoxy) is 1. The Hall–Kier alpha value is -3.41. The van der Waals surface area contributed by atoms with Crippen molar-refractivity contribution in [3.05, 3.63) is 102 Å². The molecule has 0 radical (unpaired) electrons. The number of hydrogen-bond donors (Lipinski definition) is 4. The van der Waals surface area contributed by atoms with Gasteiger partial charge in [0.05, 0.1) is 17.5 Å². The van der Waals surface area contributed by atoms with Crippen LogP contribution in [0.25, 0.3) is 0 Å². The van der Waals surface area contributed by atoms with E-state index in [0.717, 1.165) is 11.1 Å². The van der Waals surface area contributed by atoms with E-state index >= 15 is 0 Å². The van der Waals surface area contributed by atoms with E-state index in [1.807, 2.05) is 60.7 Å². The van der Waals surface area contributed by atoms with Gasteiger partial charge < -0.3 is 26.8 Å². The Labute approximate surface area is 228 Å². The Bertz CT molecular complexity index is 1350. The Morgan fingerprint density at radius 1 is 0.897 bits per heavy atom. The zero-order valence-electron chi connectivity index (χ0n) is 21.5. The lowest BCUT2D eigenvalue weighted by atomic mass is 9.97. The molecule has 0 aliphatic carbocycles. The van der Waals surface area contributed by atoms with Crippen LogP contribution in [0.1, 0.15) is 21.5 Å². The molecule has 10 heteroatoms. The third-order valence-corrected chi connectivity index (χ3v) is 8.69. The van der Waals surface area contributed by atoms with Gasteiger partial charge in [0, 0.05) is 31.1 Å². The number of nitrogens with two attached hydrogens (primary N) is 2. The SMILES string of the molecule is NC(Cc1ccccc1)C(N)S(=O)(=O)c1ccc(C(=O)[C@H](Cc2ccccc2)NC(=O)C2CNCCO2)cc1. The highest BCUT2D eigenvalue weighted by Gasteiger charge is 2.31. The molecule has 1 saturated heterocycles. The maximum atomic E-state index is 13.5. The second-order valence-electron chi connectivity index (χ2n) is 9.57. The monoisotopic (exact) mass is 550 g/mol. The fourth-order valence-corrected chi connectivity index (χ4v) is 5.84. The molecule has 0 aromatic heterocycles. The van der Waals surface area contributed by atoms with E-state index in [9.17, 15) is 18.0 Å². The van der Waals surface area contributed by atoms with E-state index < -0.39 is 33.4 Å². The molecule has 9 nitrogen and oxygen atoms in total. The summed E-state index contributed by atoms with van der Waals surface area (Å²) in [5, 5.41) is 4.60. The molecule has 0 saturated carbocycles. The standard InChI is InChI=1S/C29H34N4O5S/c30-24(17-20-7-3-1-4-8-20)28(31)39(36,37)23-13-11-22(12-14-23)27(34)25(18-21-9-5-2-6-10-21)33-29(35)26-19-32-15-16-38-26/h1-14,24-26,28,32H,15-19,30-31H2,(H,33,35)/t24?,25-,26?,28?/m0/s1. The first-order chi connectivity index (χ1) is 18.8. The van der Waals surface area contributed by atoms with Crippen molar-refractivity contribution < 1.29 is 22.7 Å². The molecule has 0 bridgehead atoms. The Morgan fingerprint density at radius 3 is 2.05 bits per heavy atom. The molecule has 1 aliphatic rings. The first-order valence-corrected chi connectivity index (χ1v) is 14.4. The third kappa shape index (κ3) is 7.37. The smallest absolute Gasteiger partial charge is 0.251 e. The van der Waals surface area contributed by atoms with E-state index in [1.54, 1.807) is 0 Å². The molecule has 1 amide bonds. The van der Waals surface area contributed by atoms with Gasteiger partial charge in [0.25, 0.3) is 5.91 Å². The highest BCUT2D eigenvalue weighted by Crippen LogP contribution is 2.19. The molecule has 39 heavy (non-hydrogen) atoms. The highest BCUT2D eigenvalue weighted by atomic mass is 32.2. The molecule has 6 N–H and O–H groups in total. The van der Waals surface area contributed by atoms with Crippen LogP contribution in [0.3, 0.4) is 0 Å². The molecule has 3 aromatic carbocycles. The summed E-state index contributed by atoms with van der Waals surface area (Å²) in [6.07, 6.45) is -0.122. The molecule has 3 aromatic rings. The summed E-state index contributed by atoms with van der Waals surface area (Å²) in [7, 11) is -3.95. The van der Waals surface area contributed by atoms with Crippen molar-refractivity contribution >= 4 is 21.5 Å². The summed E-state index contributed by atoms with van der Waals surface area (Å²) in [6, 6.07) is 22.5. The lowest BCUT2D eigenvalue weighted by Crippen LogP contribution is -2.52. The number of rotatable bonds is 11. The van der Waals surface area contributed by atoms with Gasteiger partial charge in [-0.05, 0) is 29.7 Å². The highest BCUT2D eigenvalue weighted by molar-refractivity contribution is 7.92. The van der Waals surface area contributed by atoms with Crippen molar-refractivity contribution in [3.63, 3.8) is 0 Å². The first kappa shape index (κ1) is 28.6. The van der Waals surface area contributed by atoms with E-state index in [4.69, 9.17) is 16.2 Å². The average Bonchev–Trinajstić information content (AvgIpc) is 2.97. The fraction of sp³-hybridized carbons (Fsp3) is 0.310. The molecular formula is C29H34N4O5S. The molecular weight excluding hydrogens is 516 g/mol. The van der Waals surface area contributed by atoms with Crippen molar-refractivity contribution in [2.45, 2.75) is 41.3 Å². The maximum absolute atomic E-state index is 13.5. The normalized spacial score (nSPS) is 18.1. The van der Waals surface area contributed by atoms with E-state index in [1.165, 1.54) is 24.3 Å². The zero-order chi connectivity index (χ0) is 27.8. The lowest BCUT2D eigenvalue weighted by Gasteiger charge is -2.25. The second kappa shape index (κ2) is 13.1. The minimum absolute atomic E-state index is 0.0274. The van der Waals surface area contributed by atoms with Gasteiger partial charge in [0.1, 0.15) is 11.5 Å². The van der Waals surface area contributed by atoms with Gasteiger partial charge in [-0.15, -0.1) is 0 Å². The van der Waals surface area contributed by atoms with Crippen LogP contribution >= 0.6 is 0 Å². The van der Waals surface area contributed by atoms with Crippen molar-refractivity contribution in [1.29, 1.82) is 0 Å². The number of carbonyl (C=O) groups is 2. The van der Waals surface area contributed by atoms with Gasteiger partial charge in [-0.2, -0.15) is 0 Å². The quantitative estimate of drug-likeness (QED) is 0.260. The number of Topliss-reactive ketones (excluding diaryl/α,β-unsaturated/α-hetero) is 1. The van der Waals surface area contributed by atoms with Crippen molar-refractivity contribution in [2.75, 3.05) is 19.7 Å². The summed E-state index contributed by atoms with van der Waals surface area (Å²) in [5.74, 6) is -0.723. The largest absolute Gasteiger partial charge is 0.366 e. The van der Waals surface area contributed by atoms with Crippen LogP contribution in [0.15, 0.2) is 89.8 Å². The maximum Gasteiger partial charge on any atom is 0.251 e. The number of amides is 1. The molecule has 1 heterocycles. The van der Waals surface area contributed by atoms with E-state index in [0.29, 0.717) is 26.1 Å². The molecule has 1 aliphatic heterocycles. The molecule has 4 rings (SSSR count). The molecule has 1 fully saturated rings. The van der Waals surface area contributed by atoms with Crippen molar-refractivity contribution in [2.24, 2.45) is 11.5 Å². The van der Waals surface area contributed by atoms with Crippen LogP contribution < -0.4 is 22.1 Å². The Morgan fingerprint density at radius 2 is 1.49 bits per heavy atom. The van der Waals surface area contributed by atoms with Crippen LogP contribution in [-0.2, 0) is 32.2 Å². The number of ketones is 1. The minimum atomic E-state index is -3.95. The summed E-state index contributed by atoms with van der Waals surface area (Å²) in [4.78, 5) is 26.3. The van der Waals surface area contributed by atoms with Gasteiger partial charge in [0.15, 0.2) is 15.6 Å². The number of morpholine rings is 1. The number of sulfone groups is 1. The van der Waals surface area contributed by atoms with Gasteiger partial charge in [0.2, 0.25) is 0 Å². The van der Waals surface area contributed by atoms with Gasteiger partial charge >= 0.3 is 0 Å². The van der Waals surface area contributed by atoms with Crippen molar-refractivity contribution in [1.82, 2.24) is 10.6 Å². The number of benzene rings is 3. The summed E-state index contributed by atoms with van der Waals surface area (Å²) >= 11 is 0. The molecule has 4 atom stereocenters. The van der Waals surface area contributed by atoms with Gasteiger partial charge in [-0.25, -0.2) is 8.42 Å². The zero-order valence-corrected chi connectivity index (χ0v) is 22.3. The van der Waals surface area contributed by atoms with Crippen molar-refractivity contribution in [3.8, 4) is 0 Å². The number of hydrogen-bond acceptors (Lipinski definition) is 8. The molecule has 0 spiro atoms. The number of carbonyl (C=O) groups excluding carboxylic acids is 2. The lowest BCUT2D eigenvalue weighted by molar-refractivity contribution is -0.134. The Kier molecular flexibility index (Phi) is 9.60. The minimum Gasteiger partial charge on any atom is -0.366 e. The third-order valence-electron chi connectivity index (χ3n) is 6.70. The van der Waals surface area contributed by atoms with Gasteiger partial charge in [-0.3, -0.25) is 9.59 Å². The number of nitrogens with one attached hydrogen (secondary N) is 2. The van der Waals surface area contributed by atoms with Crippen LogP contribution in [0.2, 0.25) is 0 Å². The fourth-order valence-electron chi connectivity index (χ4n) is 4.46. The van der Waals surface area contributed by atoms with Crippen LogP contribution in [0.5, 0.6) is 0 Å². The summed E-state index contributed by atoms with van der Waals surface area (Å²) in [6.45, 7) is 1.42. The average molecular weight is 551 g/mol. The first-order valence-electron chi connectivity index (χ1n) is 12.9. The Balaban J connectivity index is 1.49. The predicted molar refractivity (Wildman–Crippen MR) is 149 cm³/mol. The topological polar surface area (TPSA) is 154 Å². The van der Waals surface area contributed by atoms with Crippen LogP contribution in [0, 0.1) is 0 Å². The van der Waals surface area contributed by atoms with Crippen LogP contribution in [-0.4, -0.2) is 63.4 Å².